The maximum absolute atomic E-state index is 4.55. The Balaban J connectivity index is 0.00000192. The number of halogens is 1. The maximum atomic E-state index is 4.55. The lowest BCUT2D eigenvalue weighted by molar-refractivity contribution is 0.198. The van der Waals surface area contributed by atoms with E-state index in [1.165, 1.54) is 11.5 Å². The van der Waals surface area contributed by atoms with Gasteiger partial charge < -0.3 is 14.9 Å². The summed E-state index contributed by atoms with van der Waals surface area (Å²) in [5.74, 6) is 3.76. The van der Waals surface area contributed by atoms with Crippen LogP contribution in [0.2, 0.25) is 0 Å². The number of likely N-dealkylation sites (tertiary alicyclic amines) is 1. The molecule has 0 saturated carbocycles. The molecule has 2 aliphatic heterocycles. The number of nitrogens with zero attached hydrogens (tertiary/aromatic N) is 5. The normalized spacial score (nSPS) is 17.9. The van der Waals surface area contributed by atoms with Gasteiger partial charge in [-0.1, -0.05) is 30.3 Å². The topological polar surface area (TPSA) is 74.7 Å². The van der Waals surface area contributed by atoms with Crippen molar-refractivity contribution >= 4 is 12.4 Å². The molecule has 0 radical (unpaired) electrons. The summed E-state index contributed by atoms with van der Waals surface area (Å²) in [6.45, 7) is 5.95. The molecule has 2 N–H and O–H groups in total. The Kier molecular flexibility index (Phi) is 5.75. The van der Waals surface area contributed by atoms with Crippen LogP contribution >= 0.6 is 12.4 Å². The monoisotopic (exact) mass is 399 g/mol. The summed E-state index contributed by atoms with van der Waals surface area (Å²) in [6.07, 6.45) is 4.26. The van der Waals surface area contributed by atoms with Crippen molar-refractivity contribution in [2.75, 3.05) is 19.6 Å². The highest BCUT2D eigenvalue weighted by atomic mass is 35.5. The largest absolute Gasteiger partial charge is 0.341 e. The highest BCUT2D eigenvalue weighted by Gasteiger charge is 2.27. The standard InChI is InChI=1S/C20H25N7.ClH/c1-2-4-15(5-3-1)19-22-12-17(23-19)14-26-9-6-16(7-10-26)20-25-24-18-13-21-8-11-27(18)20;/h1-5,12,16,21H,6-11,13-14H2,(H,22,23);1H. The summed E-state index contributed by atoms with van der Waals surface area (Å²) in [6, 6.07) is 10.3. The minimum atomic E-state index is 0. The van der Waals surface area contributed by atoms with E-state index in [1.807, 2.05) is 24.4 Å². The predicted molar refractivity (Wildman–Crippen MR) is 110 cm³/mol. The van der Waals surface area contributed by atoms with E-state index in [1.54, 1.807) is 0 Å². The summed E-state index contributed by atoms with van der Waals surface area (Å²) in [4.78, 5) is 10.5. The number of benzene rings is 1. The molecule has 0 amide bonds. The first kappa shape index (κ1) is 19.1. The number of hydrogen-bond acceptors (Lipinski definition) is 5. The number of hydrogen-bond donors (Lipinski definition) is 2. The van der Waals surface area contributed by atoms with E-state index in [-0.39, 0.29) is 12.4 Å². The first-order valence-electron chi connectivity index (χ1n) is 9.81. The van der Waals surface area contributed by atoms with E-state index < -0.39 is 0 Å². The second-order valence-corrected chi connectivity index (χ2v) is 7.48. The Morgan fingerprint density at radius 1 is 1.04 bits per heavy atom. The molecule has 4 heterocycles. The van der Waals surface area contributed by atoms with E-state index in [4.69, 9.17) is 0 Å². The van der Waals surface area contributed by atoms with Crippen LogP contribution in [0.25, 0.3) is 11.4 Å². The Bertz CT molecular complexity index is 896. The van der Waals surface area contributed by atoms with Gasteiger partial charge in [0.15, 0.2) is 0 Å². The third-order valence-corrected chi connectivity index (χ3v) is 5.67. The van der Waals surface area contributed by atoms with Crippen molar-refractivity contribution in [3.8, 4) is 11.4 Å². The molecule has 0 atom stereocenters. The fourth-order valence-electron chi connectivity index (χ4n) is 4.19. The first-order chi connectivity index (χ1) is 13.4. The van der Waals surface area contributed by atoms with Crippen LogP contribution in [0.15, 0.2) is 36.5 Å². The Labute approximate surface area is 171 Å². The van der Waals surface area contributed by atoms with Crippen molar-refractivity contribution in [2.45, 2.75) is 38.4 Å². The van der Waals surface area contributed by atoms with Gasteiger partial charge in [0.05, 0.1) is 6.54 Å². The zero-order valence-corrected chi connectivity index (χ0v) is 16.7. The van der Waals surface area contributed by atoms with Crippen molar-refractivity contribution in [1.82, 2.24) is 34.9 Å². The maximum Gasteiger partial charge on any atom is 0.147 e. The summed E-state index contributed by atoms with van der Waals surface area (Å²) in [5.41, 5.74) is 2.31. The predicted octanol–water partition coefficient (Wildman–Crippen LogP) is 2.57. The molecule has 148 valence electrons. The third kappa shape index (κ3) is 3.83. The number of nitrogens with one attached hydrogen (secondary N) is 2. The number of imidazole rings is 1. The molecule has 0 aliphatic carbocycles. The van der Waals surface area contributed by atoms with Crippen LogP contribution in [0.3, 0.4) is 0 Å². The average molecular weight is 400 g/mol. The van der Waals surface area contributed by atoms with Crippen LogP contribution in [-0.4, -0.2) is 49.3 Å². The van der Waals surface area contributed by atoms with Crippen molar-refractivity contribution in [3.63, 3.8) is 0 Å². The highest BCUT2D eigenvalue weighted by molar-refractivity contribution is 5.85. The van der Waals surface area contributed by atoms with E-state index in [2.05, 4.69) is 47.1 Å². The number of aromatic nitrogens is 5. The van der Waals surface area contributed by atoms with Crippen LogP contribution in [0, 0.1) is 0 Å². The summed E-state index contributed by atoms with van der Waals surface area (Å²) >= 11 is 0. The van der Waals surface area contributed by atoms with Gasteiger partial charge in [-0.15, -0.1) is 22.6 Å². The zero-order chi connectivity index (χ0) is 18.1. The number of piperidine rings is 1. The molecular weight excluding hydrogens is 374 g/mol. The molecule has 1 saturated heterocycles. The summed E-state index contributed by atoms with van der Waals surface area (Å²) in [5, 5.41) is 12.2. The van der Waals surface area contributed by atoms with Gasteiger partial charge >= 0.3 is 0 Å². The van der Waals surface area contributed by atoms with Gasteiger partial charge in [0, 0.05) is 43.0 Å². The van der Waals surface area contributed by atoms with Gasteiger partial charge in [0.25, 0.3) is 0 Å². The van der Waals surface area contributed by atoms with E-state index >= 15 is 0 Å². The lowest BCUT2D eigenvalue weighted by Gasteiger charge is -2.31. The summed E-state index contributed by atoms with van der Waals surface area (Å²) in [7, 11) is 0. The Morgan fingerprint density at radius 3 is 2.68 bits per heavy atom. The molecule has 0 bridgehead atoms. The average Bonchev–Trinajstić information content (AvgIpc) is 3.37. The van der Waals surface area contributed by atoms with Crippen molar-refractivity contribution in [3.05, 3.63) is 53.9 Å². The zero-order valence-electron chi connectivity index (χ0n) is 15.8. The SMILES string of the molecule is Cl.c1ccc(-c2ncc(CN3CCC(c4nnc5n4CCNC5)CC3)[nH]2)cc1. The smallest absolute Gasteiger partial charge is 0.147 e. The van der Waals surface area contributed by atoms with Crippen molar-refractivity contribution < 1.29 is 0 Å². The molecule has 2 aliphatic rings. The van der Waals surface area contributed by atoms with Crippen LogP contribution in [0.1, 0.15) is 36.1 Å². The fraction of sp³-hybridized carbons (Fsp3) is 0.450. The van der Waals surface area contributed by atoms with Crippen LogP contribution in [-0.2, 0) is 19.6 Å². The first-order valence-corrected chi connectivity index (χ1v) is 9.81. The third-order valence-electron chi connectivity index (χ3n) is 5.67. The molecular formula is C20H26ClN7. The van der Waals surface area contributed by atoms with Crippen molar-refractivity contribution in [2.24, 2.45) is 0 Å². The van der Waals surface area contributed by atoms with Gasteiger partial charge in [-0.05, 0) is 25.9 Å². The fourth-order valence-corrected chi connectivity index (χ4v) is 4.19. The molecule has 2 aromatic heterocycles. The second-order valence-electron chi connectivity index (χ2n) is 7.48. The van der Waals surface area contributed by atoms with E-state index in [9.17, 15) is 0 Å². The highest BCUT2D eigenvalue weighted by Crippen LogP contribution is 2.28. The van der Waals surface area contributed by atoms with Gasteiger partial charge in [0.2, 0.25) is 0 Å². The molecule has 0 spiro atoms. The number of aromatic amines is 1. The molecule has 3 aromatic rings. The van der Waals surface area contributed by atoms with E-state index in [0.717, 1.165) is 69.3 Å². The van der Waals surface area contributed by atoms with Gasteiger partial charge in [-0.25, -0.2) is 4.98 Å². The lowest BCUT2D eigenvalue weighted by Crippen LogP contribution is -2.34. The van der Waals surface area contributed by atoms with Gasteiger partial charge in [0.1, 0.15) is 17.5 Å². The quantitative estimate of drug-likeness (QED) is 0.705. The molecule has 5 rings (SSSR count). The molecule has 0 unspecified atom stereocenters. The van der Waals surface area contributed by atoms with Crippen molar-refractivity contribution in [1.29, 1.82) is 0 Å². The summed E-state index contributed by atoms with van der Waals surface area (Å²) < 4.78 is 2.33. The molecule has 7 nitrogen and oxygen atoms in total. The minimum Gasteiger partial charge on any atom is -0.341 e. The Morgan fingerprint density at radius 2 is 1.86 bits per heavy atom. The number of H-pyrrole nitrogens is 1. The lowest BCUT2D eigenvalue weighted by atomic mass is 9.95. The van der Waals surface area contributed by atoms with Crippen LogP contribution < -0.4 is 5.32 Å². The van der Waals surface area contributed by atoms with Crippen LogP contribution in [0.4, 0.5) is 0 Å². The second kappa shape index (κ2) is 8.43. The molecule has 8 heteroatoms. The minimum absolute atomic E-state index is 0. The molecule has 1 fully saturated rings. The van der Waals surface area contributed by atoms with Gasteiger partial charge in [-0.2, -0.15) is 0 Å². The van der Waals surface area contributed by atoms with Gasteiger partial charge in [-0.3, -0.25) is 4.90 Å². The van der Waals surface area contributed by atoms with E-state index in [0.29, 0.717) is 5.92 Å². The molecule has 28 heavy (non-hydrogen) atoms. The van der Waals surface area contributed by atoms with Crippen LogP contribution in [0.5, 0.6) is 0 Å². The molecule has 1 aromatic carbocycles. The number of rotatable bonds is 4. The Hall–Kier alpha value is -2.22. The number of fused-ring (bicyclic) bond motifs is 1.